The Hall–Kier alpha value is -3.29. The van der Waals surface area contributed by atoms with Crippen LogP contribution in [0.25, 0.3) is 22.3 Å². The number of nitrogens with one attached hydrogen (secondary N) is 2. The molecule has 3 aromatic heterocycles. The molecule has 7 nitrogen and oxygen atoms in total. The van der Waals surface area contributed by atoms with E-state index in [4.69, 9.17) is 21.6 Å². The fourth-order valence-corrected chi connectivity index (χ4v) is 4.55. The summed E-state index contributed by atoms with van der Waals surface area (Å²) < 4.78 is 0. The molecule has 166 valence electrons. The minimum absolute atomic E-state index is 0.574. The Morgan fingerprint density at radius 1 is 1.03 bits per heavy atom. The summed E-state index contributed by atoms with van der Waals surface area (Å²) in [6.07, 6.45) is 8.07. The van der Waals surface area contributed by atoms with Gasteiger partial charge in [-0.1, -0.05) is 23.7 Å². The molecule has 1 saturated carbocycles. The third kappa shape index (κ3) is 4.10. The molecule has 8 heteroatoms. The number of nitrogens with zero attached hydrogens (tertiary/aromatic N) is 5. The van der Waals surface area contributed by atoms with E-state index in [1.54, 1.807) is 6.20 Å². The van der Waals surface area contributed by atoms with Crippen molar-refractivity contribution in [1.29, 1.82) is 0 Å². The number of halogens is 1. The molecule has 2 aliphatic rings. The second kappa shape index (κ2) is 8.57. The number of fused-ring (bicyclic) bond motifs is 1. The first-order chi connectivity index (χ1) is 16.3. The van der Waals surface area contributed by atoms with Gasteiger partial charge in [0.2, 0.25) is 0 Å². The average Bonchev–Trinajstić information content (AvgIpc) is 3.71. The molecule has 6 rings (SSSR count). The molecule has 1 aromatic carbocycles. The monoisotopic (exact) mass is 457 g/mol. The second-order valence-corrected chi connectivity index (χ2v) is 8.95. The van der Waals surface area contributed by atoms with Gasteiger partial charge in [0.15, 0.2) is 5.82 Å². The maximum Gasteiger partial charge on any atom is 0.162 e. The number of rotatable bonds is 5. The van der Waals surface area contributed by atoms with E-state index >= 15 is 0 Å². The summed E-state index contributed by atoms with van der Waals surface area (Å²) in [5.41, 5.74) is 3.89. The van der Waals surface area contributed by atoms with Gasteiger partial charge in [0, 0.05) is 49.5 Å². The van der Waals surface area contributed by atoms with Crippen LogP contribution in [0.2, 0.25) is 5.02 Å². The van der Waals surface area contributed by atoms with Crippen LogP contribution in [0.5, 0.6) is 0 Å². The van der Waals surface area contributed by atoms with Gasteiger partial charge in [-0.3, -0.25) is 4.98 Å². The van der Waals surface area contributed by atoms with Crippen LogP contribution >= 0.6 is 11.6 Å². The highest BCUT2D eigenvalue weighted by atomic mass is 35.5. The van der Waals surface area contributed by atoms with Crippen LogP contribution in [0.1, 0.15) is 24.3 Å². The molecule has 4 aromatic rings. The van der Waals surface area contributed by atoms with Gasteiger partial charge in [-0.15, -0.1) is 0 Å². The van der Waals surface area contributed by atoms with Crippen molar-refractivity contribution in [2.75, 3.05) is 36.4 Å². The molecule has 4 heterocycles. The quantitative estimate of drug-likeness (QED) is 0.446. The highest BCUT2D eigenvalue weighted by Crippen LogP contribution is 2.44. The Morgan fingerprint density at radius 3 is 2.70 bits per heavy atom. The van der Waals surface area contributed by atoms with E-state index in [0.717, 1.165) is 54.2 Å². The number of anilines is 3. The van der Waals surface area contributed by atoms with Crippen molar-refractivity contribution >= 4 is 39.8 Å². The van der Waals surface area contributed by atoms with E-state index in [1.807, 2.05) is 48.8 Å². The lowest BCUT2D eigenvalue weighted by Crippen LogP contribution is -2.44. The number of benzene rings is 1. The largest absolute Gasteiger partial charge is 0.353 e. The lowest BCUT2D eigenvalue weighted by atomic mass is 10.1. The molecule has 1 saturated heterocycles. The predicted octanol–water partition coefficient (Wildman–Crippen LogP) is 4.77. The summed E-state index contributed by atoms with van der Waals surface area (Å²) in [5.74, 6) is 2.95. The van der Waals surface area contributed by atoms with E-state index in [9.17, 15) is 0 Å². The summed E-state index contributed by atoms with van der Waals surface area (Å²) in [6, 6.07) is 11.5. The molecule has 2 N–H and O–H groups in total. The van der Waals surface area contributed by atoms with Crippen molar-refractivity contribution in [3.63, 3.8) is 0 Å². The molecule has 2 fully saturated rings. The zero-order valence-electron chi connectivity index (χ0n) is 18.1. The van der Waals surface area contributed by atoms with Crippen LogP contribution in [0.3, 0.4) is 0 Å². The number of aromatic nitrogens is 4. The van der Waals surface area contributed by atoms with Gasteiger partial charge in [0.25, 0.3) is 0 Å². The first-order valence-electron chi connectivity index (χ1n) is 11.4. The van der Waals surface area contributed by atoms with E-state index in [1.165, 1.54) is 18.4 Å². The van der Waals surface area contributed by atoms with Crippen LogP contribution < -0.4 is 15.5 Å². The first kappa shape index (κ1) is 20.3. The van der Waals surface area contributed by atoms with E-state index in [-0.39, 0.29) is 0 Å². The average molecular weight is 458 g/mol. The number of para-hydroxylation sites is 1. The smallest absolute Gasteiger partial charge is 0.162 e. The van der Waals surface area contributed by atoms with Crippen LogP contribution in [-0.2, 0) is 0 Å². The van der Waals surface area contributed by atoms with Gasteiger partial charge in [-0.05, 0) is 48.6 Å². The van der Waals surface area contributed by atoms with Gasteiger partial charge in [0.05, 0.1) is 22.4 Å². The van der Waals surface area contributed by atoms with Crippen molar-refractivity contribution < 1.29 is 0 Å². The van der Waals surface area contributed by atoms with Crippen molar-refractivity contribution in [2.24, 2.45) is 0 Å². The molecule has 0 bridgehead atoms. The fourth-order valence-electron chi connectivity index (χ4n) is 4.37. The van der Waals surface area contributed by atoms with Gasteiger partial charge in [-0.2, -0.15) is 0 Å². The summed E-state index contributed by atoms with van der Waals surface area (Å²) in [6.45, 7) is 3.75. The van der Waals surface area contributed by atoms with Crippen molar-refractivity contribution in [3.05, 3.63) is 65.6 Å². The van der Waals surface area contributed by atoms with Crippen LogP contribution in [0, 0.1) is 0 Å². The van der Waals surface area contributed by atoms with Crippen LogP contribution in [0.4, 0.5) is 17.3 Å². The third-order valence-electron chi connectivity index (χ3n) is 6.21. The minimum atomic E-state index is 0.574. The number of pyridine rings is 2. The number of hydrogen-bond acceptors (Lipinski definition) is 7. The Bertz CT molecular complexity index is 1320. The molecule has 0 unspecified atom stereocenters. The van der Waals surface area contributed by atoms with Gasteiger partial charge >= 0.3 is 0 Å². The zero-order chi connectivity index (χ0) is 22.2. The van der Waals surface area contributed by atoms with E-state index in [0.29, 0.717) is 22.6 Å². The molecule has 0 spiro atoms. The first-order valence-corrected chi connectivity index (χ1v) is 11.7. The molecular formula is C25H24ClN7. The molecule has 1 aliphatic heterocycles. The van der Waals surface area contributed by atoms with Gasteiger partial charge in [-0.25, -0.2) is 15.0 Å². The highest BCUT2D eigenvalue weighted by molar-refractivity contribution is 6.33. The molecule has 0 amide bonds. The Kier molecular flexibility index (Phi) is 5.28. The van der Waals surface area contributed by atoms with Crippen molar-refractivity contribution in [3.8, 4) is 11.4 Å². The van der Waals surface area contributed by atoms with E-state index in [2.05, 4.69) is 25.5 Å². The summed E-state index contributed by atoms with van der Waals surface area (Å²) in [5, 5.41) is 8.54. The Morgan fingerprint density at radius 2 is 1.88 bits per heavy atom. The lowest BCUT2D eigenvalue weighted by Gasteiger charge is -2.30. The maximum absolute atomic E-state index is 6.32. The topological polar surface area (TPSA) is 78.9 Å². The third-order valence-corrected chi connectivity index (χ3v) is 6.54. The number of piperazine rings is 1. The molecule has 0 radical (unpaired) electrons. The van der Waals surface area contributed by atoms with Gasteiger partial charge < -0.3 is 15.5 Å². The normalized spacial score (nSPS) is 16.2. The second-order valence-electron chi connectivity index (χ2n) is 8.54. The van der Waals surface area contributed by atoms with Crippen molar-refractivity contribution in [1.82, 2.24) is 25.3 Å². The maximum atomic E-state index is 6.32. The summed E-state index contributed by atoms with van der Waals surface area (Å²) in [7, 11) is 0. The van der Waals surface area contributed by atoms with Crippen LogP contribution in [-0.4, -0.2) is 46.1 Å². The molecule has 0 atom stereocenters. The molecular weight excluding hydrogens is 434 g/mol. The molecule has 33 heavy (non-hydrogen) atoms. The summed E-state index contributed by atoms with van der Waals surface area (Å²) >= 11 is 6.32. The fraction of sp³-hybridized carbons (Fsp3) is 0.280. The number of hydrogen-bond donors (Lipinski definition) is 2. The SMILES string of the molecule is Clc1ccccc1Nc1cc(-c2nc(N3CCNCC3)c3c(C4CC4)cncc3n2)ccn1. The Labute approximate surface area is 197 Å². The minimum Gasteiger partial charge on any atom is -0.353 e. The summed E-state index contributed by atoms with van der Waals surface area (Å²) in [4.78, 5) is 21.4. The Balaban J connectivity index is 1.44. The predicted molar refractivity (Wildman–Crippen MR) is 132 cm³/mol. The zero-order valence-corrected chi connectivity index (χ0v) is 18.9. The van der Waals surface area contributed by atoms with E-state index < -0.39 is 0 Å². The molecule has 1 aliphatic carbocycles. The van der Waals surface area contributed by atoms with Gasteiger partial charge in [0.1, 0.15) is 11.6 Å². The van der Waals surface area contributed by atoms with Crippen molar-refractivity contribution in [2.45, 2.75) is 18.8 Å². The van der Waals surface area contributed by atoms with Crippen LogP contribution in [0.15, 0.2) is 55.0 Å². The standard InChI is InChI=1S/C25H24ClN7/c26-19-3-1-2-4-20(19)30-22-13-17(7-8-29-22)24-31-21-15-28-14-18(16-5-6-16)23(21)25(32-24)33-11-9-27-10-12-33/h1-4,7-8,13-16,27H,5-6,9-12H2,(H,29,30). The highest BCUT2D eigenvalue weighted by Gasteiger charge is 2.29. The lowest BCUT2D eigenvalue weighted by molar-refractivity contribution is 0.586.